The van der Waals surface area contributed by atoms with Gasteiger partial charge in [0.05, 0.1) is 12.4 Å². The molecule has 0 aliphatic heterocycles. The molecule has 0 aromatic carbocycles. The quantitative estimate of drug-likeness (QED) is 0.645. The summed E-state index contributed by atoms with van der Waals surface area (Å²) >= 11 is 0. The third-order valence-corrected chi connectivity index (χ3v) is 2.63. The van der Waals surface area contributed by atoms with E-state index in [4.69, 9.17) is 5.11 Å². The van der Waals surface area contributed by atoms with Gasteiger partial charge in [0, 0.05) is 13.1 Å². The molecule has 1 N–H and O–H groups in total. The van der Waals surface area contributed by atoms with Crippen LogP contribution in [-0.2, 0) is 10.0 Å². The maximum atomic E-state index is 10.9. The Hall–Kier alpha value is -0.130. The topological polar surface area (TPSA) is 57.6 Å². The van der Waals surface area contributed by atoms with Gasteiger partial charge in [-0.3, -0.25) is 0 Å². The molecule has 0 bridgehead atoms. The highest BCUT2D eigenvalue weighted by atomic mass is 32.2. The average Bonchev–Trinajstić information content (AvgIpc) is 1.79. The maximum Gasteiger partial charge on any atom is 0.211 e. The Kier molecular flexibility index (Phi) is 3.99. The highest BCUT2D eigenvalue weighted by Gasteiger charge is 2.15. The van der Waals surface area contributed by atoms with E-state index in [-0.39, 0.29) is 6.54 Å². The van der Waals surface area contributed by atoms with E-state index in [1.807, 2.05) is 0 Å². The van der Waals surface area contributed by atoms with Crippen molar-refractivity contribution in [2.75, 3.05) is 19.3 Å². The molecular weight excluding hydrogens is 166 g/mol. The molecule has 0 saturated carbocycles. The van der Waals surface area contributed by atoms with Crippen LogP contribution in [0.1, 0.15) is 13.8 Å². The van der Waals surface area contributed by atoms with Crippen molar-refractivity contribution in [2.45, 2.75) is 20.0 Å². The van der Waals surface area contributed by atoms with Gasteiger partial charge in [-0.2, -0.15) is 4.31 Å². The summed E-state index contributed by atoms with van der Waals surface area (Å²) in [6.45, 7) is 3.89. The Labute approximate surface area is 67.9 Å². The van der Waals surface area contributed by atoms with Crippen molar-refractivity contribution in [3.8, 4) is 0 Å². The molecule has 0 radical (unpaired) electrons. The molecule has 0 amide bonds. The van der Waals surface area contributed by atoms with Crippen molar-refractivity contribution in [1.82, 2.24) is 4.31 Å². The third kappa shape index (κ3) is 4.34. The van der Waals surface area contributed by atoms with Crippen molar-refractivity contribution in [3.63, 3.8) is 0 Å². The second-order valence-electron chi connectivity index (χ2n) is 2.56. The Morgan fingerprint density at radius 3 is 2.09 bits per heavy atom. The number of hydrogen-bond donors (Lipinski definition) is 1. The molecule has 68 valence electrons. The van der Waals surface area contributed by atoms with Gasteiger partial charge in [0.1, 0.15) is 0 Å². The SMILES string of the molecule is CCN(C[C@H](C)O)S(C)(=O)=O. The number of hydrogen-bond acceptors (Lipinski definition) is 3. The molecule has 0 rings (SSSR count). The number of aliphatic hydroxyl groups is 1. The van der Waals surface area contributed by atoms with Crippen LogP contribution >= 0.6 is 0 Å². The van der Waals surface area contributed by atoms with Gasteiger partial charge < -0.3 is 5.11 Å². The maximum absolute atomic E-state index is 10.9. The highest BCUT2D eigenvalue weighted by molar-refractivity contribution is 7.88. The van der Waals surface area contributed by atoms with Crippen LogP contribution in [0.25, 0.3) is 0 Å². The van der Waals surface area contributed by atoms with Crippen molar-refractivity contribution < 1.29 is 13.5 Å². The van der Waals surface area contributed by atoms with E-state index in [0.717, 1.165) is 6.26 Å². The molecule has 0 aromatic heterocycles. The monoisotopic (exact) mass is 181 g/mol. The van der Waals surface area contributed by atoms with E-state index in [1.165, 1.54) is 4.31 Å². The standard InChI is InChI=1S/C6H15NO3S/c1-4-7(5-6(2)8)11(3,9)10/h6,8H,4-5H2,1-3H3/t6-/m0/s1. The first-order chi connectivity index (χ1) is 4.88. The first-order valence-corrected chi connectivity index (χ1v) is 5.36. The molecule has 4 nitrogen and oxygen atoms in total. The highest BCUT2D eigenvalue weighted by Crippen LogP contribution is 1.98. The van der Waals surface area contributed by atoms with E-state index in [2.05, 4.69) is 0 Å². The lowest BCUT2D eigenvalue weighted by Gasteiger charge is -2.18. The third-order valence-electron chi connectivity index (χ3n) is 1.29. The minimum atomic E-state index is -3.14. The fraction of sp³-hybridized carbons (Fsp3) is 1.00. The van der Waals surface area contributed by atoms with E-state index in [9.17, 15) is 8.42 Å². The summed E-state index contributed by atoms with van der Waals surface area (Å²) in [6, 6.07) is 0. The largest absolute Gasteiger partial charge is 0.392 e. The van der Waals surface area contributed by atoms with Crippen LogP contribution in [0, 0.1) is 0 Å². The Bertz CT molecular complexity index is 198. The van der Waals surface area contributed by atoms with Crippen LogP contribution < -0.4 is 0 Å². The molecule has 11 heavy (non-hydrogen) atoms. The second kappa shape index (κ2) is 4.04. The molecule has 0 aromatic rings. The zero-order valence-electron chi connectivity index (χ0n) is 7.11. The van der Waals surface area contributed by atoms with E-state index < -0.39 is 16.1 Å². The zero-order valence-corrected chi connectivity index (χ0v) is 7.93. The summed E-state index contributed by atoms with van der Waals surface area (Å²) < 4.78 is 23.1. The molecule has 5 heteroatoms. The molecule has 0 aliphatic carbocycles. The summed E-state index contributed by atoms with van der Waals surface area (Å²) in [4.78, 5) is 0. The Morgan fingerprint density at radius 1 is 1.55 bits per heavy atom. The van der Waals surface area contributed by atoms with E-state index in [1.54, 1.807) is 13.8 Å². The van der Waals surface area contributed by atoms with Gasteiger partial charge >= 0.3 is 0 Å². The summed E-state index contributed by atoms with van der Waals surface area (Å²) in [6.07, 6.45) is 0.531. The number of sulfonamides is 1. The van der Waals surface area contributed by atoms with Crippen LogP contribution in [0.2, 0.25) is 0 Å². The lowest BCUT2D eigenvalue weighted by Crippen LogP contribution is -2.35. The van der Waals surface area contributed by atoms with E-state index >= 15 is 0 Å². The molecule has 0 saturated heterocycles. The molecule has 0 heterocycles. The van der Waals surface area contributed by atoms with Crippen molar-refractivity contribution in [1.29, 1.82) is 0 Å². The van der Waals surface area contributed by atoms with Crippen LogP contribution in [-0.4, -0.2) is 43.3 Å². The number of likely N-dealkylation sites (N-methyl/N-ethyl adjacent to an activating group) is 1. The van der Waals surface area contributed by atoms with Gasteiger partial charge in [-0.15, -0.1) is 0 Å². The van der Waals surface area contributed by atoms with Crippen LogP contribution in [0.3, 0.4) is 0 Å². The fourth-order valence-corrected chi connectivity index (χ4v) is 1.75. The molecule has 1 atom stereocenters. The van der Waals surface area contributed by atoms with Crippen LogP contribution in [0.4, 0.5) is 0 Å². The summed E-state index contributed by atoms with van der Waals surface area (Å²) in [5.74, 6) is 0. The summed E-state index contributed by atoms with van der Waals surface area (Å²) in [7, 11) is -3.14. The van der Waals surface area contributed by atoms with Gasteiger partial charge in [-0.05, 0) is 6.92 Å². The van der Waals surface area contributed by atoms with Crippen LogP contribution in [0.15, 0.2) is 0 Å². The predicted molar refractivity (Wildman–Crippen MR) is 43.8 cm³/mol. The van der Waals surface area contributed by atoms with Gasteiger partial charge in [0.2, 0.25) is 10.0 Å². The first-order valence-electron chi connectivity index (χ1n) is 3.51. The lowest BCUT2D eigenvalue weighted by molar-refractivity contribution is 0.165. The molecule has 0 aliphatic rings. The normalized spacial score (nSPS) is 15.4. The molecular formula is C6H15NO3S. The minimum absolute atomic E-state index is 0.176. The van der Waals surface area contributed by atoms with Crippen molar-refractivity contribution in [3.05, 3.63) is 0 Å². The van der Waals surface area contributed by atoms with E-state index in [0.29, 0.717) is 6.54 Å². The molecule has 0 spiro atoms. The van der Waals surface area contributed by atoms with Crippen LogP contribution in [0.5, 0.6) is 0 Å². The number of aliphatic hydroxyl groups excluding tert-OH is 1. The van der Waals surface area contributed by atoms with Gasteiger partial charge in [-0.1, -0.05) is 6.92 Å². The minimum Gasteiger partial charge on any atom is -0.392 e. The molecule has 0 unspecified atom stereocenters. The average molecular weight is 181 g/mol. The predicted octanol–water partition coefficient (Wildman–Crippen LogP) is -0.351. The summed E-state index contributed by atoms with van der Waals surface area (Å²) in [5, 5.41) is 8.91. The number of nitrogens with zero attached hydrogens (tertiary/aromatic N) is 1. The smallest absolute Gasteiger partial charge is 0.211 e. The fourth-order valence-electron chi connectivity index (χ4n) is 0.794. The second-order valence-corrected chi connectivity index (χ2v) is 4.55. The number of rotatable bonds is 4. The Morgan fingerprint density at radius 2 is 2.00 bits per heavy atom. The zero-order chi connectivity index (χ0) is 9.07. The van der Waals surface area contributed by atoms with Crippen molar-refractivity contribution >= 4 is 10.0 Å². The summed E-state index contributed by atoms with van der Waals surface area (Å²) in [5.41, 5.74) is 0. The molecule has 0 fully saturated rings. The first kappa shape index (κ1) is 10.9. The van der Waals surface area contributed by atoms with Gasteiger partial charge in [0.15, 0.2) is 0 Å². The van der Waals surface area contributed by atoms with Gasteiger partial charge in [0.25, 0.3) is 0 Å². The Balaban J connectivity index is 4.20. The van der Waals surface area contributed by atoms with Crippen molar-refractivity contribution in [2.24, 2.45) is 0 Å². The lowest BCUT2D eigenvalue weighted by atomic mass is 10.4. The van der Waals surface area contributed by atoms with Gasteiger partial charge in [-0.25, -0.2) is 8.42 Å².